The summed E-state index contributed by atoms with van der Waals surface area (Å²) in [6.07, 6.45) is 6.77. The van der Waals surface area contributed by atoms with E-state index in [1.165, 1.54) is 7.11 Å². The molecular formula is C22H17IN2O3. The fraction of sp³-hybridized carbons (Fsp3) is 0.0909. The van der Waals surface area contributed by atoms with Gasteiger partial charge in [-0.2, -0.15) is 5.10 Å². The van der Waals surface area contributed by atoms with Gasteiger partial charge in [-0.1, -0.05) is 30.2 Å². The van der Waals surface area contributed by atoms with Crippen molar-refractivity contribution in [3.63, 3.8) is 0 Å². The fourth-order valence-electron chi connectivity index (χ4n) is 2.63. The van der Waals surface area contributed by atoms with Gasteiger partial charge in [0.25, 0.3) is 5.91 Å². The van der Waals surface area contributed by atoms with E-state index >= 15 is 0 Å². The van der Waals surface area contributed by atoms with E-state index < -0.39 is 0 Å². The van der Waals surface area contributed by atoms with Crippen LogP contribution in [0.1, 0.15) is 15.9 Å². The topological polar surface area (TPSA) is 59.9 Å². The lowest BCUT2D eigenvalue weighted by molar-refractivity contribution is 0.0952. The minimum atomic E-state index is -0.345. The number of methoxy groups -OCH3 is 1. The maximum Gasteiger partial charge on any atom is 0.275 e. The molecule has 140 valence electrons. The van der Waals surface area contributed by atoms with E-state index in [1.807, 2.05) is 48.5 Å². The molecule has 0 aromatic heterocycles. The van der Waals surface area contributed by atoms with Crippen LogP contribution in [0.15, 0.2) is 59.7 Å². The van der Waals surface area contributed by atoms with Crippen LogP contribution in [0.5, 0.6) is 11.5 Å². The second kappa shape index (κ2) is 9.24. The van der Waals surface area contributed by atoms with Crippen LogP contribution in [0, 0.1) is 15.9 Å². The average Bonchev–Trinajstić information content (AvgIpc) is 2.72. The van der Waals surface area contributed by atoms with Gasteiger partial charge in [-0.3, -0.25) is 4.79 Å². The third kappa shape index (κ3) is 4.61. The molecule has 1 amide bonds. The van der Waals surface area contributed by atoms with E-state index in [2.05, 4.69) is 39.0 Å². The highest BCUT2D eigenvalue weighted by molar-refractivity contribution is 14.1. The van der Waals surface area contributed by atoms with Crippen LogP contribution >= 0.6 is 22.6 Å². The number of terminal acetylenes is 1. The number of rotatable bonds is 6. The molecule has 0 unspecified atom stereocenters. The molecule has 0 saturated carbocycles. The minimum Gasteiger partial charge on any atom is -0.496 e. The highest BCUT2D eigenvalue weighted by Gasteiger charge is 2.13. The molecule has 0 atom stereocenters. The molecule has 0 fully saturated rings. The molecule has 28 heavy (non-hydrogen) atoms. The van der Waals surface area contributed by atoms with Crippen molar-refractivity contribution in [3.8, 4) is 23.8 Å². The lowest BCUT2D eigenvalue weighted by Crippen LogP contribution is -2.18. The Kier molecular flexibility index (Phi) is 6.50. The van der Waals surface area contributed by atoms with Gasteiger partial charge in [-0.25, -0.2) is 5.43 Å². The second-order valence-electron chi connectivity index (χ2n) is 5.78. The summed E-state index contributed by atoms with van der Waals surface area (Å²) in [7, 11) is 1.54. The average molecular weight is 484 g/mol. The molecule has 5 nitrogen and oxygen atoms in total. The van der Waals surface area contributed by atoms with Gasteiger partial charge in [0.15, 0.2) is 0 Å². The normalized spacial score (nSPS) is 10.6. The zero-order valence-corrected chi connectivity index (χ0v) is 17.3. The van der Waals surface area contributed by atoms with Gasteiger partial charge in [0, 0.05) is 0 Å². The number of benzene rings is 3. The smallest absolute Gasteiger partial charge is 0.275 e. The summed E-state index contributed by atoms with van der Waals surface area (Å²) >= 11 is 2.16. The highest BCUT2D eigenvalue weighted by Crippen LogP contribution is 2.26. The van der Waals surface area contributed by atoms with E-state index in [0.717, 1.165) is 19.9 Å². The fourth-order valence-corrected chi connectivity index (χ4v) is 3.32. The van der Waals surface area contributed by atoms with Crippen LogP contribution in [0.25, 0.3) is 10.8 Å². The van der Waals surface area contributed by atoms with E-state index in [-0.39, 0.29) is 12.5 Å². The number of fused-ring (bicyclic) bond motifs is 1. The number of hydrogen-bond donors (Lipinski definition) is 1. The quantitative estimate of drug-likeness (QED) is 0.247. The summed E-state index contributed by atoms with van der Waals surface area (Å²) in [6, 6.07) is 16.9. The molecule has 0 aliphatic carbocycles. The van der Waals surface area contributed by atoms with Crippen molar-refractivity contribution in [1.82, 2.24) is 5.43 Å². The van der Waals surface area contributed by atoms with Gasteiger partial charge in [0.1, 0.15) is 18.1 Å². The zero-order valence-electron chi connectivity index (χ0n) is 15.1. The molecule has 3 rings (SSSR count). The zero-order chi connectivity index (χ0) is 19.9. The summed E-state index contributed by atoms with van der Waals surface area (Å²) in [5.74, 6) is 3.29. The number of nitrogens with zero attached hydrogens (tertiary/aromatic N) is 1. The maximum absolute atomic E-state index is 12.6. The van der Waals surface area contributed by atoms with Gasteiger partial charge in [-0.15, -0.1) is 6.42 Å². The summed E-state index contributed by atoms with van der Waals surface area (Å²) in [4.78, 5) is 12.6. The van der Waals surface area contributed by atoms with E-state index in [4.69, 9.17) is 15.9 Å². The van der Waals surface area contributed by atoms with Crippen molar-refractivity contribution < 1.29 is 14.3 Å². The molecule has 6 heteroatoms. The number of nitrogens with one attached hydrogen (secondary N) is 1. The molecule has 0 bridgehead atoms. The lowest BCUT2D eigenvalue weighted by atomic mass is 10.1. The Hall–Kier alpha value is -3.05. The van der Waals surface area contributed by atoms with Gasteiger partial charge < -0.3 is 9.47 Å². The van der Waals surface area contributed by atoms with Gasteiger partial charge in [-0.05, 0) is 69.3 Å². The highest BCUT2D eigenvalue weighted by atomic mass is 127. The molecule has 3 aromatic carbocycles. The summed E-state index contributed by atoms with van der Waals surface area (Å²) in [6.45, 7) is 0.215. The lowest BCUT2D eigenvalue weighted by Gasteiger charge is -2.09. The Morgan fingerprint density at radius 1 is 1.18 bits per heavy atom. The Bertz CT molecular complexity index is 1090. The number of carbonyl (C=O) groups excluding carboxylic acids is 1. The van der Waals surface area contributed by atoms with Crippen LogP contribution < -0.4 is 14.9 Å². The first kappa shape index (κ1) is 19.7. The summed E-state index contributed by atoms with van der Waals surface area (Å²) < 4.78 is 11.7. The predicted octanol–water partition coefficient (Wildman–Crippen LogP) is 4.23. The predicted molar refractivity (Wildman–Crippen MR) is 119 cm³/mol. The van der Waals surface area contributed by atoms with Crippen LogP contribution in [0.4, 0.5) is 0 Å². The second-order valence-corrected chi connectivity index (χ2v) is 6.94. The molecule has 0 radical (unpaired) electrons. The van der Waals surface area contributed by atoms with E-state index in [9.17, 15) is 4.79 Å². The summed E-state index contributed by atoms with van der Waals surface area (Å²) in [5, 5.41) is 6.00. The molecule has 0 spiro atoms. The number of hydrazone groups is 1. The number of carbonyl (C=O) groups is 1. The first-order valence-electron chi connectivity index (χ1n) is 8.38. The van der Waals surface area contributed by atoms with Crippen LogP contribution in [-0.4, -0.2) is 25.8 Å². The van der Waals surface area contributed by atoms with Crippen molar-refractivity contribution in [1.29, 1.82) is 0 Å². The minimum absolute atomic E-state index is 0.215. The number of ether oxygens (including phenoxy) is 2. The molecule has 0 saturated heterocycles. The SMILES string of the molecule is C#CCOc1ccc(C=NNC(=O)c2cc3ccccc3cc2OC)cc1I. The van der Waals surface area contributed by atoms with E-state index in [1.54, 1.807) is 12.3 Å². The maximum atomic E-state index is 12.6. The third-order valence-electron chi connectivity index (χ3n) is 3.96. The van der Waals surface area contributed by atoms with Crippen molar-refractivity contribution in [2.75, 3.05) is 13.7 Å². The first-order chi connectivity index (χ1) is 13.6. The Balaban J connectivity index is 1.74. The molecule has 0 aliphatic heterocycles. The summed E-state index contributed by atoms with van der Waals surface area (Å²) in [5.41, 5.74) is 3.79. The molecular weight excluding hydrogens is 467 g/mol. The number of hydrogen-bond acceptors (Lipinski definition) is 4. The molecule has 1 N–H and O–H groups in total. The number of halogens is 1. The largest absolute Gasteiger partial charge is 0.496 e. The van der Waals surface area contributed by atoms with Crippen molar-refractivity contribution in [3.05, 3.63) is 69.3 Å². The van der Waals surface area contributed by atoms with Crippen molar-refractivity contribution in [2.24, 2.45) is 5.10 Å². The molecule has 0 heterocycles. The van der Waals surface area contributed by atoms with Gasteiger partial charge in [0.2, 0.25) is 0 Å². The van der Waals surface area contributed by atoms with E-state index in [0.29, 0.717) is 17.1 Å². The Morgan fingerprint density at radius 2 is 1.93 bits per heavy atom. The van der Waals surface area contributed by atoms with Crippen LogP contribution in [0.2, 0.25) is 0 Å². The van der Waals surface area contributed by atoms with Crippen molar-refractivity contribution in [2.45, 2.75) is 0 Å². The standard InChI is InChI=1S/C22H17IN2O3/c1-3-10-28-20-9-8-15(11-19(20)23)14-24-25-22(26)18-12-16-6-4-5-7-17(16)13-21(18)27-2/h1,4-9,11-14H,10H2,2H3,(H,25,26). The molecule has 3 aromatic rings. The Morgan fingerprint density at radius 3 is 2.61 bits per heavy atom. The number of amides is 1. The van der Waals surface area contributed by atoms with Crippen molar-refractivity contribution >= 4 is 45.5 Å². The third-order valence-corrected chi connectivity index (χ3v) is 4.80. The first-order valence-corrected chi connectivity index (χ1v) is 9.46. The van der Waals surface area contributed by atoms with Gasteiger partial charge >= 0.3 is 0 Å². The monoisotopic (exact) mass is 484 g/mol. The van der Waals surface area contributed by atoms with Gasteiger partial charge in [0.05, 0.1) is 22.5 Å². The molecule has 0 aliphatic rings. The van der Waals surface area contributed by atoms with Crippen LogP contribution in [0.3, 0.4) is 0 Å². The van der Waals surface area contributed by atoms with Crippen LogP contribution in [-0.2, 0) is 0 Å². The Labute approximate surface area is 176 Å².